The first-order chi connectivity index (χ1) is 10.6. The molecule has 1 aromatic rings. The summed E-state index contributed by atoms with van der Waals surface area (Å²) in [6.07, 6.45) is -11.3. The quantitative estimate of drug-likeness (QED) is 0.279. The first-order valence-corrected chi connectivity index (χ1v) is 6.09. The Morgan fingerprint density at radius 2 is 1.58 bits per heavy atom. The van der Waals surface area contributed by atoms with Crippen LogP contribution in [-0.4, -0.2) is 22.2 Å². The number of benzene rings is 1. The van der Waals surface area contributed by atoms with Gasteiger partial charge in [-0.25, -0.2) is 4.99 Å². The second kappa shape index (κ2) is 6.31. The number of halogens is 10. The van der Waals surface area contributed by atoms with Gasteiger partial charge in [0.05, 0.1) is 15.5 Å². The fourth-order valence-electron chi connectivity index (χ4n) is 1.28. The summed E-state index contributed by atoms with van der Waals surface area (Å²) in [6.45, 7) is 0. The van der Waals surface area contributed by atoms with E-state index >= 15 is 0 Å². The first-order valence-electron chi connectivity index (χ1n) is 5.33. The van der Waals surface area contributed by atoms with Gasteiger partial charge in [-0.2, -0.15) is 35.1 Å². The van der Waals surface area contributed by atoms with Crippen LogP contribution in [0.3, 0.4) is 0 Å². The lowest BCUT2D eigenvalue weighted by Crippen LogP contribution is -2.41. The standard InChI is InChI=1S/C10H2Cl2F8N2O2/c11-4-1-3(9(15,16)17)2-5(22(23)24)6(4)21-7(12)8(13,14)10(18,19)20/h1-2H. The molecule has 0 amide bonds. The van der Waals surface area contributed by atoms with Gasteiger partial charge in [-0.3, -0.25) is 10.1 Å². The lowest BCUT2D eigenvalue weighted by molar-refractivity contribution is -0.384. The molecular weight excluding hydrogens is 403 g/mol. The number of nitro groups is 1. The third kappa shape index (κ3) is 4.04. The summed E-state index contributed by atoms with van der Waals surface area (Å²) in [7, 11) is 0. The van der Waals surface area contributed by atoms with Crippen molar-refractivity contribution in [2.24, 2.45) is 4.99 Å². The van der Waals surface area contributed by atoms with Gasteiger partial charge in [0.1, 0.15) is 0 Å². The van der Waals surface area contributed by atoms with Gasteiger partial charge in [0, 0.05) is 6.07 Å². The van der Waals surface area contributed by atoms with Gasteiger partial charge in [0.15, 0.2) is 10.9 Å². The van der Waals surface area contributed by atoms with E-state index in [4.69, 9.17) is 23.2 Å². The monoisotopic (exact) mass is 404 g/mol. The van der Waals surface area contributed by atoms with Crippen molar-refractivity contribution in [2.75, 3.05) is 0 Å². The van der Waals surface area contributed by atoms with Crippen LogP contribution in [0.1, 0.15) is 5.56 Å². The molecule has 24 heavy (non-hydrogen) atoms. The average Bonchev–Trinajstić information content (AvgIpc) is 2.37. The second-order valence-corrected chi connectivity index (χ2v) is 4.82. The summed E-state index contributed by atoms with van der Waals surface area (Å²) in [5.74, 6) is -5.69. The van der Waals surface area contributed by atoms with Crippen molar-refractivity contribution in [3.05, 3.63) is 32.8 Å². The van der Waals surface area contributed by atoms with Gasteiger partial charge in [0.2, 0.25) is 0 Å². The molecular formula is C10H2Cl2F8N2O2. The van der Waals surface area contributed by atoms with Crippen LogP contribution < -0.4 is 0 Å². The van der Waals surface area contributed by atoms with Crippen molar-refractivity contribution < 1.29 is 40.0 Å². The van der Waals surface area contributed by atoms with E-state index in [1.165, 1.54) is 0 Å². The zero-order valence-electron chi connectivity index (χ0n) is 10.6. The average molecular weight is 405 g/mol. The highest BCUT2D eigenvalue weighted by Gasteiger charge is 2.61. The Labute approximate surface area is 136 Å². The molecule has 0 saturated carbocycles. The minimum absolute atomic E-state index is 0.0727. The molecule has 0 fully saturated rings. The maximum Gasteiger partial charge on any atom is 0.460 e. The van der Waals surface area contributed by atoms with Crippen LogP contribution in [0.5, 0.6) is 0 Å². The van der Waals surface area contributed by atoms with Crippen molar-refractivity contribution in [3.63, 3.8) is 0 Å². The molecule has 0 bridgehead atoms. The Balaban J connectivity index is 3.61. The second-order valence-electron chi connectivity index (χ2n) is 4.06. The van der Waals surface area contributed by atoms with E-state index in [0.717, 1.165) is 0 Å². The van der Waals surface area contributed by atoms with Crippen molar-refractivity contribution in [3.8, 4) is 0 Å². The third-order valence-electron chi connectivity index (χ3n) is 2.39. The number of alkyl halides is 8. The molecule has 1 rings (SSSR count). The lowest BCUT2D eigenvalue weighted by Gasteiger charge is -2.17. The molecule has 0 aliphatic rings. The fraction of sp³-hybridized carbons (Fsp3) is 0.300. The molecule has 1 aromatic carbocycles. The van der Waals surface area contributed by atoms with Crippen molar-refractivity contribution in [1.82, 2.24) is 0 Å². The summed E-state index contributed by atoms with van der Waals surface area (Å²) >= 11 is 10.0. The van der Waals surface area contributed by atoms with Crippen LogP contribution in [0.4, 0.5) is 46.5 Å². The Kier molecular flexibility index (Phi) is 5.36. The van der Waals surface area contributed by atoms with E-state index < -0.39 is 50.3 Å². The maximum atomic E-state index is 13.0. The van der Waals surface area contributed by atoms with Crippen LogP contribution >= 0.6 is 23.2 Å². The molecule has 0 atom stereocenters. The van der Waals surface area contributed by atoms with E-state index in [2.05, 4.69) is 4.99 Å². The van der Waals surface area contributed by atoms with E-state index in [1.807, 2.05) is 0 Å². The van der Waals surface area contributed by atoms with Gasteiger partial charge in [-0.15, -0.1) is 0 Å². The Morgan fingerprint density at radius 1 is 1.08 bits per heavy atom. The summed E-state index contributed by atoms with van der Waals surface area (Å²) < 4.78 is 99.9. The lowest BCUT2D eigenvalue weighted by atomic mass is 10.1. The summed E-state index contributed by atoms with van der Waals surface area (Å²) in [5.41, 5.74) is -4.55. The zero-order chi connectivity index (χ0) is 19.1. The van der Waals surface area contributed by atoms with Gasteiger partial charge in [-0.1, -0.05) is 23.2 Å². The normalized spacial score (nSPS) is 14.0. The number of hydrogen-bond acceptors (Lipinski definition) is 3. The summed E-state index contributed by atoms with van der Waals surface area (Å²) in [4.78, 5) is 11.8. The molecule has 0 heterocycles. The molecule has 0 unspecified atom stereocenters. The number of nitrogens with zero attached hydrogens (tertiary/aromatic N) is 2. The predicted octanol–water partition coefficient (Wildman–Crippen LogP) is 5.73. The highest BCUT2D eigenvalue weighted by atomic mass is 35.5. The molecule has 14 heteroatoms. The number of rotatable bonds is 3. The topological polar surface area (TPSA) is 55.5 Å². The zero-order valence-corrected chi connectivity index (χ0v) is 12.2. The molecule has 0 aliphatic heterocycles. The highest BCUT2D eigenvalue weighted by Crippen LogP contribution is 2.44. The molecule has 0 saturated heterocycles. The van der Waals surface area contributed by atoms with Crippen molar-refractivity contribution >= 4 is 39.7 Å². The van der Waals surface area contributed by atoms with Crippen LogP contribution in [0, 0.1) is 10.1 Å². The number of hydrogen-bond donors (Lipinski definition) is 0. The van der Waals surface area contributed by atoms with Crippen LogP contribution in [0.25, 0.3) is 0 Å². The van der Waals surface area contributed by atoms with Crippen molar-refractivity contribution in [1.29, 1.82) is 0 Å². The highest BCUT2D eigenvalue weighted by molar-refractivity contribution is 6.67. The number of aliphatic imine (C=N–C) groups is 1. The Morgan fingerprint density at radius 3 is 1.96 bits per heavy atom. The Hall–Kier alpha value is -1.69. The van der Waals surface area contributed by atoms with Crippen LogP contribution in [0.15, 0.2) is 17.1 Å². The first kappa shape index (κ1) is 20.4. The van der Waals surface area contributed by atoms with E-state index in [0.29, 0.717) is 0 Å². The number of nitro benzene ring substituents is 1. The fourth-order valence-corrected chi connectivity index (χ4v) is 1.73. The van der Waals surface area contributed by atoms with Gasteiger partial charge in [0.25, 0.3) is 5.69 Å². The summed E-state index contributed by atoms with van der Waals surface area (Å²) in [6, 6.07) is -0.0517. The van der Waals surface area contributed by atoms with Gasteiger partial charge in [-0.05, 0) is 6.07 Å². The minimum atomic E-state index is -6.18. The molecule has 4 nitrogen and oxygen atoms in total. The summed E-state index contributed by atoms with van der Waals surface area (Å²) in [5, 5.41) is 7.11. The third-order valence-corrected chi connectivity index (χ3v) is 3.00. The molecule has 0 radical (unpaired) electrons. The molecule has 0 aromatic heterocycles. The maximum absolute atomic E-state index is 13.0. The van der Waals surface area contributed by atoms with Crippen LogP contribution in [-0.2, 0) is 6.18 Å². The SMILES string of the molecule is O=[N+]([O-])c1cc(C(F)(F)F)cc(Cl)c1N=C(Cl)C(F)(F)C(F)(F)F. The molecule has 0 aliphatic carbocycles. The van der Waals surface area contributed by atoms with Gasteiger partial charge < -0.3 is 0 Å². The molecule has 0 N–H and O–H groups in total. The van der Waals surface area contributed by atoms with Crippen molar-refractivity contribution in [2.45, 2.75) is 18.3 Å². The largest absolute Gasteiger partial charge is 0.460 e. The molecule has 134 valence electrons. The Bertz CT molecular complexity index is 699. The van der Waals surface area contributed by atoms with E-state index in [1.54, 1.807) is 0 Å². The minimum Gasteiger partial charge on any atom is -0.258 e. The van der Waals surface area contributed by atoms with E-state index in [9.17, 15) is 45.2 Å². The van der Waals surface area contributed by atoms with Crippen LogP contribution in [0.2, 0.25) is 5.02 Å². The molecule has 0 spiro atoms. The van der Waals surface area contributed by atoms with Gasteiger partial charge >= 0.3 is 18.3 Å². The predicted molar refractivity (Wildman–Crippen MR) is 67.1 cm³/mol. The van der Waals surface area contributed by atoms with E-state index in [-0.39, 0.29) is 12.1 Å². The smallest absolute Gasteiger partial charge is 0.258 e.